The number of nitrogens with one attached hydrogen (secondary N) is 2. The number of morpholine rings is 1. The Balaban J connectivity index is 1.61. The number of aliphatic hydroxyl groups excluding tert-OH is 1. The van der Waals surface area contributed by atoms with Crippen LogP contribution >= 0.6 is 0 Å². The Morgan fingerprint density at radius 2 is 2.09 bits per heavy atom. The Kier molecular flexibility index (Phi) is 7.64. The van der Waals surface area contributed by atoms with Crippen LogP contribution in [0.1, 0.15) is 5.82 Å². The van der Waals surface area contributed by atoms with Crippen LogP contribution in [0, 0.1) is 11.6 Å². The van der Waals surface area contributed by atoms with E-state index in [0.29, 0.717) is 11.6 Å². The second-order valence-electron chi connectivity index (χ2n) is 6.80. The van der Waals surface area contributed by atoms with Crippen molar-refractivity contribution in [3.8, 4) is 0 Å². The van der Waals surface area contributed by atoms with Gasteiger partial charge in [0.1, 0.15) is 11.6 Å². The molecule has 2 heterocycles. The van der Waals surface area contributed by atoms with Crippen LogP contribution in [0.25, 0.3) is 5.57 Å². The molecule has 1 saturated heterocycles. The van der Waals surface area contributed by atoms with Crippen LogP contribution in [-0.4, -0.2) is 59.0 Å². The molecule has 10 nitrogen and oxygen atoms in total. The third-order valence-electron chi connectivity index (χ3n) is 4.54. The normalized spacial score (nSPS) is 17.9. The topological polar surface area (TPSA) is 138 Å². The van der Waals surface area contributed by atoms with E-state index < -0.39 is 41.4 Å². The maximum Gasteiger partial charge on any atom is 0.439 e. The molecule has 1 aromatic carbocycles. The maximum absolute atomic E-state index is 13.5. The smallest absolute Gasteiger partial charge is 0.380 e. The summed E-state index contributed by atoms with van der Waals surface area (Å²) in [7, 11) is 0. The largest absolute Gasteiger partial charge is 0.439 e. The van der Waals surface area contributed by atoms with Gasteiger partial charge in [0, 0.05) is 30.4 Å². The fourth-order valence-electron chi connectivity index (χ4n) is 3.07. The van der Waals surface area contributed by atoms with Gasteiger partial charge in [-0.3, -0.25) is 19.1 Å². The molecule has 0 saturated carbocycles. The summed E-state index contributed by atoms with van der Waals surface area (Å²) in [6.07, 6.45) is 2.60. The number of anilines is 1. The number of carbonyl (C=O) groups is 2. The van der Waals surface area contributed by atoms with Crippen LogP contribution < -0.4 is 16.0 Å². The summed E-state index contributed by atoms with van der Waals surface area (Å²) < 4.78 is 36.7. The fourth-order valence-corrected chi connectivity index (χ4v) is 3.07. The number of aromatic nitrogens is 2. The molecule has 0 radical (unpaired) electrons. The molecule has 1 aromatic heterocycles. The lowest BCUT2D eigenvalue weighted by molar-refractivity contribution is -0.152. The lowest BCUT2D eigenvalue weighted by Gasteiger charge is -2.34. The first-order valence-corrected chi connectivity index (χ1v) is 9.70. The van der Waals surface area contributed by atoms with Gasteiger partial charge in [-0.05, 0) is 12.1 Å². The van der Waals surface area contributed by atoms with Crippen LogP contribution in [0.5, 0.6) is 0 Å². The molecule has 1 aliphatic rings. The third-order valence-corrected chi connectivity index (χ3v) is 4.54. The molecular formula is C21H20F2N4O6. The summed E-state index contributed by atoms with van der Waals surface area (Å²) in [4.78, 5) is 39.5. The maximum atomic E-state index is 13.5. The minimum atomic E-state index is -1.86. The number of rotatable bonds is 8. The standard InChI is InChI=1S/C21H20F2N4O6/c1-2-4-12(18-25-21(31)33-26-18)5-3-6-24-19(29)16(28)17-20(30)27(7-8-32-17)15-10-13(22)9-14(23)11-15/h2-5,9-11,16-17,28H,1,6-8H2,(H,24,29)(H,25,26,31)/b5-3-,12-4+/t16-,17-/m1/s1. The van der Waals surface area contributed by atoms with Gasteiger partial charge in [0.25, 0.3) is 11.8 Å². The summed E-state index contributed by atoms with van der Waals surface area (Å²) in [6, 6.07) is 2.60. The second-order valence-corrected chi connectivity index (χ2v) is 6.80. The predicted molar refractivity (Wildman–Crippen MR) is 112 cm³/mol. The van der Waals surface area contributed by atoms with Gasteiger partial charge in [-0.2, -0.15) is 0 Å². The minimum absolute atomic E-state index is 0.00213. The van der Waals surface area contributed by atoms with E-state index in [4.69, 9.17) is 4.74 Å². The first-order valence-electron chi connectivity index (χ1n) is 9.70. The Labute approximate surface area is 185 Å². The van der Waals surface area contributed by atoms with Crippen molar-refractivity contribution >= 4 is 23.1 Å². The van der Waals surface area contributed by atoms with Gasteiger partial charge >= 0.3 is 5.76 Å². The van der Waals surface area contributed by atoms with Gasteiger partial charge in [-0.1, -0.05) is 36.0 Å². The number of ether oxygens (including phenoxy) is 1. The van der Waals surface area contributed by atoms with Crippen molar-refractivity contribution in [3.63, 3.8) is 0 Å². The van der Waals surface area contributed by atoms with Crippen LogP contribution in [0.4, 0.5) is 14.5 Å². The minimum Gasteiger partial charge on any atom is -0.380 e. The summed E-state index contributed by atoms with van der Waals surface area (Å²) in [5.74, 6) is -4.03. The first kappa shape index (κ1) is 23.8. The monoisotopic (exact) mass is 462 g/mol. The molecule has 12 heteroatoms. The molecule has 2 aromatic rings. The molecule has 174 valence electrons. The van der Waals surface area contributed by atoms with E-state index in [1.54, 1.807) is 6.08 Å². The fraction of sp³-hybridized carbons (Fsp3) is 0.238. The number of nitrogens with zero attached hydrogens (tertiary/aromatic N) is 2. The van der Waals surface area contributed by atoms with E-state index in [0.717, 1.165) is 17.0 Å². The number of aliphatic hydroxyl groups is 1. The van der Waals surface area contributed by atoms with Gasteiger partial charge in [0.15, 0.2) is 18.0 Å². The number of H-pyrrole nitrogens is 1. The lowest BCUT2D eigenvalue weighted by atomic mass is 10.1. The number of carbonyl (C=O) groups excluding carboxylic acids is 2. The van der Waals surface area contributed by atoms with Crippen LogP contribution in [0.3, 0.4) is 0 Å². The van der Waals surface area contributed by atoms with Crippen molar-refractivity contribution in [3.05, 3.63) is 77.1 Å². The SMILES string of the molecule is C=C/C=C(\C=C/CNC(=O)[C@H](O)[C@H]1OCCN(c2cc(F)cc(F)c2)C1=O)c1noc(=O)[nH]1. The van der Waals surface area contributed by atoms with E-state index >= 15 is 0 Å². The van der Waals surface area contributed by atoms with Gasteiger partial charge < -0.3 is 20.1 Å². The van der Waals surface area contributed by atoms with Crippen LogP contribution in [0.15, 0.2) is 58.4 Å². The first-order chi connectivity index (χ1) is 15.8. The molecule has 2 atom stereocenters. The molecule has 3 rings (SSSR count). The van der Waals surface area contributed by atoms with E-state index in [-0.39, 0.29) is 31.2 Å². The van der Waals surface area contributed by atoms with Crippen molar-refractivity contribution in [2.24, 2.45) is 0 Å². The van der Waals surface area contributed by atoms with Crippen molar-refractivity contribution in [2.45, 2.75) is 12.2 Å². The van der Waals surface area contributed by atoms with Crippen molar-refractivity contribution in [1.82, 2.24) is 15.5 Å². The van der Waals surface area contributed by atoms with Gasteiger partial charge in [-0.15, -0.1) is 0 Å². The van der Waals surface area contributed by atoms with Crippen LogP contribution in [-0.2, 0) is 14.3 Å². The van der Waals surface area contributed by atoms with Crippen LogP contribution in [0.2, 0.25) is 0 Å². The molecule has 1 fully saturated rings. The van der Waals surface area contributed by atoms with E-state index in [2.05, 4.69) is 26.6 Å². The zero-order chi connectivity index (χ0) is 24.0. The van der Waals surface area contributed by atoms with Crippen molar-refractivity contribution < 1.29 is 32.7 Å². The summed E-state index contributed by atoms with van der Waals surface area (Å²) in [6.45, 7) is 3.45. The number of hydrogen-bond acceptors (Lipinski definition) is 7. The summed E-state index contributed by atoms with van der Waals surface area (Å²) in [5.41, 5.74) is 0.392. The number of halogens is 2. The molecule has 1 aliphatic heterocycles. The van der Waals surface area contributed by atoms with Gasteiger partial charge in [0.2, 0.25) is 0 Å². The zero-order valence-corrected chi connectivity index (χ0v) is 17.2. The summed E-state index contributed by atoms with van der Waals surface area (Å²) >= 11 is 0. The van der Waals surface area contributed by atoms with Crippen molar-refractivity contribution in [1.29, 1.82) is 0 Å². The predicted octanol–water partition coefficient (Wildman–Crippen LogP) is 0.676. The Hall–Kier alpha value is -3.90. The highest BCUT2D eigenvalue weighted by molar-refractivity contribution is 6.01. The molecule has 0 spiro atoms. The highest BCUT2D eigenvalue weighted by Gasteiger charge is 2.39. The van der Waals surface area contributed by atoms with E-state index in [9.17, 15) is 28.3 Å². The number of allylic oxidation sites excluding steroid dienone is 4. The van der Waals surface area contributed by atoms with E-state index in [1.165, 1.54) is 18.2 Å². The highest BCUT2D eigenvalue weighted by atomic mass is 19.1. The molecule has 0 aliphatic carbocycles. The zero-order valence-electron chi connectivity index (χ0n) is 17.2. The number of aromatic amines is 1. The highest BCUT2D eigenvalue weighted by Crippen LogP contribution is 2.22. The Morgan fingerprint density at radius 3 is 2.73 bits per heavy atom. The van der Waals surface area contributed by atoms with E-state index in [1.807, 2.05) is 0 Å². The molecule has 2 amide bonds. The lowest BCUT2D eigenvalue weighted by Crippen LogP contribution is -2.56. The molecule has 0 unspecified atom stereocenters. The molecule has 3 N–H and O–H groups in total. The molecule has 33 heavy (non-hydrogen) atoms. The Bertz CT molecular complexity index is 1140. The summed E-state index contributed by atoms with van der Waals surface area (Å²) in [5, 5.41) is 16.3. The van der Waals surface area contributed by atoms with Gasteiger partial charge in [0.05, 0.1) is 6.61 Å². The number of benzene rings is 1. The third kappa shape index (κ3) is 5.87. The number of amides is 2. The Morgan fingerprint density at radius 1 is 1.36 bits per heavy atom. The second kappa shape index (κ2) is 10.6. The number of hydrogen-bond donors (Lipinski definition) is 3. The average Bonchev–Trinajstić information content (AvgIpc) is 3.20. The average molecular weight is 462 g/mol. The quantitative estimate of drug-likeness (QED) is 0.491. The van der Waals surface area contributed by atoms with Gasteiger partial charge in [-0.25, -0.2) is 13.6 Å². The molecular weight excluding hydrogens is 442 g/mol. The molecule has 0 bridgehead atoms. The van der Waals surface area contributed by atoms with Crippen molar-refractivity contribution in [2.75, 3.05) is 24.6 Å².